The van der Waals surface area contributed by atoms with Gasteiger partial charge in [0.15, 0.2) is 4.75 Å². The van der Waals surface area contributed by atoms with Gasteiger partial charge < -0.3 is 5.73 Å². The third kappa shape index (κ3) is 1.62. The molecule has 7 heteroatoms. The Morgan fingerprint density at radius 3 is 2.38 bits per heavy atom. The number of nitrogens with zero attached hydrogens (tertiary/aromatic N) is 1. The van der Waals surface area contributed by atoms with Crippen LogP contribution in [-0.2, 0) is 14.8 Å². The Labute approximate surface area is 101 Å². The van der Waals surface area contributed by atoms with Gasteiger partial charge in [0.25, 0.3) is 15.9 Å². The number of carbonyl (C=O) groups excluding carboxylic acids is 1. The molecule has 0 aromatic carbocycles. The van der Waals surface area contributed by atoms with Gasteiger partial charge >= 0.3 is 0 Å². The number of rotatable bonds is 4. The molecule has 0 bridgehead atoms. The second kappa shape index (κ2) is 3.96. The zero-order valence-corrected chi connectivity index (χ0v) is 11.2. The van der Waals surface area contributed by atoms with Crippen molar-refractivity contribution < 1.29 is 13.2 Å². The maximum atomic E-state index is 11.9. The highest BCUT2D eigenvalue weighted by molar-refractivity contribution is 7.94. The number of nitrogens with two attached hydrogens (primary N) is 1. The van der Waals surface area contributed by atoms with Crippen LogP contribution in [0, 0.1) is 0 Å². The SMILES string of the molecule is CCCC(C(N)=S)N1C(=O)C(C)(C)S1(=O)=O. The second-order valence-electron chi connectivity index (χ2n) is 4.32. The van der Waals surface area contributed by atoms with E-state index >= 15 is 0 Å². The van der Waals surface area contributed by atoms with Gasteiger partial charge in [-0.15, -0.1) is 0 Å². The molecule has 1 heterocycles. The second-order valence-corrected chi connectivity index (χ2v) is 7.16. The van der Waals surface area contributed by atoms with Crippen molar-refractivity contribution >= 4 is 33.1 Å². The van der Waals surface area contributed by atoms with Crippen LogP contribution in [0.4, 0.5) is 0 Å². The molecule has 0 aromatic rings. The number of amides is 1. The largest absolute Gasteiger partial charge is 0.392 e. The van der Waals surface area contributed by atoms with Crippen molar-refractivity contribution in [1.82, 2.24) is 4.31 Å². The number of carbonyl (C=O) groups is 1. The summed E-state index contributed by atoms with van der Waals surface area (Å²) >= 11 is 4.81. The molecule has 1 saturated heterocycles. The van der Waals surface area contributed by atoms with E-state index in [4.69, 9.17) is 18.0 Å². The van der Waals surface area contributed by atoms with Crippen molar-refractivity contribution in [2.45, 2.75) is 44.4 Å². The van der Waals surface area contributed by atoms with Crippen molar-refractivity contribution in [1.29, 1.82) is 0 Å². The van der Waals surface area contributed by atoms with Crippen LogP contribution in [0.3, 0.4) is 0 Å². The average Bonchev–Trinajstić information content (AvgIpc) is 2.15. The molecule has 1 aliphatic rings. The molecule has 1 atom stereocenters. The van der Waals surface area contributed by atoms with Crippen molar-refractivity contribution in [3.8, 4) is 0 Å². The molecule has 16 heavy (non-hydrogen) atoms. The third-order valence-corrected chi connectivity index (χ3v) is 5.47. The lowest BCUT2D eigenvalue weighted by Gasteiger charge is -2.46. The zero-order chi connectivity index (χ0) is 12.7. The van der Waals surface area contributed by atoms with Gasteiger partial charge in [0, 0.05) is 0 Å². The van der Waals surface area contributed by atoms with E-state index in [1.165, 1.54) is 13.8 Å². The molecule has 92 valence electrons. The fraction of sp³-hybridized carbons (Fsp3) is 0.778. The molecule has 1 amide bonds. The minimum Gasteiger partial charge on any atom is -0.392 e. The van der Waals surface area contributed by atoms with Gasteiger partial charge in [0.2, 0.25) is 0 Å². The first-order chi connectivity index (χ1) is 7.17. The molecule has 0 aliphatic carbocycles. The van der Waals surface area contributed by atoms with Gasteiger partial charge in [0.05, 0.1) is 11.0 Å². The summed E-state index contributed by atoms with van der Waals surface area (Å²) in [7, 11) is -3.60. The molecular weight excluding hydrogens is 248 g/mol. The van der Waals surface area contributed by atoms with Gasteiger partial charge in [-0.2, -0.15) is 0 Å². The van der Waals surface area contributed by atoms with Crippen molar-refractivity contribution in [3.63, 3.8) is 0 Å². The van der Waals surface area contributed by atoms with Gasteiger partial charge in [0.1, 0.15) is 0 Å². The van der Waals surface area contributed by atoms with Crippen LogP contribution in [0.2, 0.25) is 0 Å². The molecular formula is C9H16N2O3S2. The Morgan fingerprint density at radius 1 is 1.56 bits per heavy atom. The first kappa shape index (κ1) is 13.4. The minimum atomic E-state index is -3.60. The molecule has 1 unspecified atom stereocenters. The Kier molecular flexibility index (Phi) is 3.31. The van der Waals surface area contributed by atoms with E-state index in [9.17, 15) is 13.2 Å². The van der Waals surface area contributed by atoms with Crippen molar-refractivity contribution in [3.05, 3.63) is 0 Å². The highest BCUT2D eigenvalue weighted by Gasteiger charge is 2.62. The quantitative estimate of drug-likeness (QED) is 0.743. The fourth-order valence-corrected chi connectivity index (χ4v) is 3.62. The van der Waals surface area contributed by atoms with E-state index in [-0.39, 0.29) is 4.99 Å². The fourth-order valence-electron chi connectivity index (χ4n) is 1.65. The maximum Gasteiger partial charge on any atom is 0.259 e. The summed E-state index contributed by atoms with van der Waals surface area (Å²) in [6, 6.07) is -0.675. The summed E-state index contributed by atoms with van der Waals surface area (Å²) < 4.78 is 23.3. The summed E-state index contributed by atoms with van der Waals surface area (Å²) in [6.07, 6.45) is 1.18. The van der Waals surface area contributed by atoms with Crippen LogP contribution in [0.1, 0.15) is 33.6 Å². The molecule has 0 aromatic heterocycles. The van der Waals surface area contributed by atoms with Gasteiger partial charge in [-0.25, -0.2) is 12.7 Å². The first-order valence-corrected chi connectivity index (χ1v) is 6.90. The van der Waals surface area contributed by atoms with E-state index in [0.717, 1.165) is 4.31 Å². The van der Waals surface area contributed by atoms with E-state index < -0.39 is 26.7 Å². The summed E-state index contributed by atoms with van der Waals surface area (Å²) in [5.74, 6) is -0.432. The summed E-state index contributed by atoms with van der Waals surface area (Å²) in [4.78, 5) is 11.8. The smallest absolute Gasteiger partial charge is 0.259 e. The molecule has 1 fully saturated rings. The van der Waals surface area contributed by atoms with Crippen LogP contribution >= 0.6 is 12.2 Å². The minimum absolute atomic E-state index is 0.0503. The number of thiocarbonyl (C=S) groups is 1. The lowest BCUT2D eigenvalue weighted by molar-refractivity contribution is -0.133. The Bertz CT molecular complexity index is 428. The Balaban J connectivity index is 3.07. The van der Waals surface area contributed by atoms with Crippen LogP contribution in [0.15, 0.2) is 0 Å². The molecule has 0 spiro atoms. The topological polar surface area (TPSA) is 80.5 Å². The van der Waals surface area contributed by atoms with E-state index in [0.29, 0.717) is 12.8 Å². The predicted octanol–water partition coefficient (Wildman–Crippen LogP) is 0.392. The Hall–Kier alpha value is -0.690. The van der Waals surface area contributed by atoms with Crippen LogP contribution in [0.25, 0.3) is 0 Å². The summed E-state index contributed by atoms with van der Waals surface area (Å²) in [5, 5.41) is 0. The van der Waals surface area contributed by atoms with E-state index in [1.54, 1.807) is 0 Å². The van der Waals surface area contributed by atoms with E-state index in [2.05, 4.69) is 0 Å². The van der Waals surface area contributed by atoms with Crippen LogP contribution in [0.5, 0.6) is 0 Å². The monoisotopic (exact) mass is 264 g/mol. The standard InChI is InChI=1S/C9H16N2O3S2/c1-4-5-6(7(10)15)11-8(12)9(2,3)16(11,13)14/h6H,4-5H2,1-3H3,(H2,10,15). The van der Waals surface area contributed by atoms with Crippen LogP contribution in [-0.4, -0.2) is 34.4 Å². The average molecular weight is 264 g/mol. The lowest BCUT2D eigenvalue weighted by atomic mass is 10.1. The van der Waals surface area contributed by atoms with Crippen molar-refractivity contribution in [2.75, 3.05) is 0 Å². The lowest BCUT2D eigenvalue weighted by Crippen LogP contribution is -2.71. The van der Waals surface area contributed by atoms with Crippen molar-refractivity contribution in [2.24, 2.45) is 5.73 Å². The molecule has 5 nitrogen and oxygen atoms in total. The highest BCUT2D eigenvalue weighted by atomic mass is 32.2. The Morgan fingerprint density at radius 2 is 2.06 bits per heavy atom. The molecule has 1 rings (SSSR count). The molecule has 0 saturated carbocycles. The molecule has 1 aliphatic heterocycles. The number of hydrogen-bond acceptors (Lipinski definition) is 4. The van der Waals surface area contributed by atoms with Gasteiger partial charge in [-0.3, -0.25) is 4.79 Å². The van der Waals surface area contributed by atoms with E-state index in [1.807, 2.05) is 6.92 Å². The maximum absolute atomic E-state index is 11.9. The number of hydrogen-bond donors (Lipinski definition) is 1. The van der Waals surface area contributed by atoms with Gasteiger partial charge in [-0.05, 0) is 20.3 Å². The normalized spacial score (nSPS) is 23.7. The van der Waals surface area contributed by atoms with Crippen LogP contribution < -0.4 is 5.73 Å². The predicted molar refractivity (Wildman–Crippen MR) is 65.3 cm³/mol. The molecule has 2 N–H and O–H groups in total. The number of sulfonamides is 1. The third-order valence-electron chi connectivity index (χ3n) is 2.79. The van der Waals surface area contributed by atoms with Gasteiger partial charge in [-0.1, -0.05) is 25.6 Å². The highest BCUT2D eigenvalue weighted by Crippen LogP contribution is 2.37. The first-order valence-electron chi connectivity index (χ1n) is 5.05. The summed E-state index contributed by atoms with van der Waals surface area (Å²) in [6.45, 7) is 4.67. The summed E-state index contributed by atoms with van der Waals surface area (Å²) in [5.41, 5.74) is 5.48. The zero-order valence-electron chi connectivity index (χ0n) is 9.56. The molecule has 0 radical (unpaired) electrons.